The molecule has 0 bridgehead atoms. The van der Waals surface area contributed by atoms with E-state index >= 15 is 0 Å². The Labute approximate surface area is 167 Å². The van der Waals surface area contributed by atoms with Crippen molar-refractivity contribution in [2.75, 3.05) is 13.2 Å². The fraction of sp³-hybridized carbons (Fsp3) is 0.304. The molecule has 1 heterocycles. The van der Waals surface area contributed by atoms with E-state index in [2.05, 4.69) is 0 Å². The average Bonchev–Trinajstić information content (AvgIpc) is 3.23. The fourth-order valence-electron chi connectivity index (χ4n) is 4.28. The number of fused-ring (bicyclic) bond motifs is 3. The van der Waals surface area contributed by atoms with Crippen LogP contribution in [0.4, 0.5) is 4.39 Å². The molecule has 6 heteroatoms. The Kier molecular flexibility index (Phi) is 4.86. The Morgan fingerprint density at radius 3 is 2.31 bits per heavy atom. The first kappa shape index (κ1) is 19.2. The lowest BCUT2D eigenvalue weighted by molar-refractivity contribution is -0.172. The fourth-order valence-corrected chi connectivity index (χ4v) is 4.28. The van der Waals surface area contributed by atoms with Gasteiger partial charge in [0, 0.05) is 23.3 Å². The summed E-state index contributed by atoms with van der Waals surface area (Å²) in [4.78, 5) is 26.4. The van der Waals surface area contributed by atoms with Crippen molar-refractivity contribution in [2.45, 2.75) is 26.2 Å². The van der Waals surface area contributed by atoms with Crippen molar-refractivity contribution in [1.82, 2.24) is 0 Å². The molecule has 1 unspecified atom stereocenters. The van der Waals surface area contributed by atoms with Gasteiger partial charge in [-0.15, -0.1) is 0 Å². The summed E-state index contributed by atoms with van der Waals surface area (Å²) in [5.74, 6) is -2.42. The van der Waals surface area contributed by atoms with Gasteiger partial charge in [0.05, 0.1) is 13.2 Å². The number of hydrogen-bond donors (Lipinski definition) is 0. The summed E-state index contributed by atoms with van der Waals surface area (Å²) in [6, 6.07) is 13.5. The van der Waals surface area contributed by atoms with E-state index in [1.165, 1.54) is 6.07 Å². The number of hydrogen-bond acceptors (Lipinski definition) is 5. The molecule has 0 spiro atoms. The molecule has 0 amide bonds. The number of furan rings is 1. The van der Waals surface area contributed by atoms with Crippen molar-refractivity contribution in [3.8, 4) is 0 Å². The first-order valence-corrected chi connectivity index (χ1v) is 9.63. The Morgan fingerprint density at radius 2 is 1.66 bits per heavy atom. The maximum absolute atomic E-state index is 14.9. The van der Waals surface area contributed by atoms with Crippen LogP contribution in [0.3, 0.4) is 0 Å². The summed E-state index contributed by atoms with van der Waals surface area (Å²) in [5, 5.41) is 0.742. The molecule has 5 nitrogen and oxygen atoms in total. The van der Waals surface area contributed by atoms with Crippen LogP contribution < -0.4 is 0 Å². The van der Waals surface area contributed by atoms with Crippen molar-refractivity contribution >= 4 is 22.9 Å². The zero-order chi connectivity index (χ0) is 20.6. The molecule has 29 heavy (non-hydrogen) atoms. The van der Waals surface area contributed by atoms with Gasteiger partial charge >= 0.3 is 11.9 Å². The number of benzene rings is 2. The molecule has 1 aliphatic rings. The van der Waals surface area contributed by atoms with Gasteiger partial charge in [-0.25, -0.2) is 4.39 Å². The first-order chi connectivity index (χ1) is 14.0. The molecule has 0 radical (unpaired) electrons. The molecule has 1 atom stereocenters. The lowest BCUT2D eigenvalue weighted by atomic mass is 9.71. The van der Waals surface area contributed by atoms with Gasteiger partial charge in [0.2, 0.25) is 0 Å². The van der Waals surface area contributed by atoms with Crippen LogP contribution >= 0.6 is 0 Å². The molecule has 3 aromatic rings. The van der Waals surface area contributed by atoms with Crippen molar-refractivity contribution in [3.05, 3.63) is 71.2 Å². The van der Waals surface area contributed by atoms with E-state index in [0.717, 1.165) is 5.39 Å². The third-order valence-electron chi connectivity index (χ3n) is 5.43. The summed E-state index contributed by atoms with van der Waals surface area (Å²) >= 11 is 0. The van der Waals surface area contributed by atoms with Gasteiger partial charge < -0.3 is 13.9 Å². The standard InChI is InChI=1S/C23H21FO5/c1-3-27-21(25)23(22(26)28-4-2)13-18-19(15-10-6-8-12-17(15)29-18)20(23)14-9-5-7-11-16(14)24/h5-12,20H,3-4,13H2,1-2H3. The van der Waals surface area contributed by atoms with Crippen LogP contribution in [0.15, 0.2) is 52.9 Å². The summed E-state index contributed by atoms with van der Waals surface area (Å²) < 4.78 is 31.5. The number of esters is 2. The quantitative estimate of drug-likeness (QED) is 0.473. The van der Waals surface area contributed by atoms with Crippen LogP contribution in [0, 0.1) is 11.2 Å². The minimum atomic E-state index is -1.74. The second kappa shape index (κ2) is 7.35. The zero-order valence-electron chi connectivity index (χ0n) is 16.2. The van der Waals surface area contributed by atoms with Crippen LogP contribution in [0.2, 0.25) is 0 Å². The summed E-state index contributed by atoms with van der Waals surface area (Å²) in [5.41, 5.74) is -0.252. The van der Waals surface area contributed by atoms with E-state index in [4.69, 9.17) is 13.9 Å². The van der Waals surface area contributed by atoms with E-state index in [1.807, 2.05) is 24.3 Å². The second-order valence-corrected chi connectivity index (χ2v) is 6.98. The molecule has 4 rings (SSSR count). The number of para-hydroxylation sites is 1. The second-order valence-electron chi connectivity index (χ2n) is 6.98. The highest BCUT2D eigenvalue weighted by atomic mass is 19.1. The molecule has 1 aliphatic carbocycles. The van der Waals surface area contributed by atoms with E-state index in [9.17, 15) is 14.0 Å². The number of halogens is 1. The smallest absolute Gasteiger partial charge is 0.324 e. The predicted octanol–water partition coefficient (Wildman–Crippen LogP) is 4.37. The van der Waals surface area contributed by atoms with Crippen molar-refractivity contribution in [1.29, 1.82) is 0 Å². The summed E-state index contributed by atoms with van der Waals surface area (Å²) in [6.45, 7) is 3.51. The topological polar surface area (TPSA) is 65.7 Å². The third-order valence-corrected chi connectivity index (χ3v) is 5.43. The van der Waals surface area contributed by atoms with Crippen LogP contribution in [0.1, 0.15) is 36.7 Å². The van der Waals surface area contributed by atoms with Gasteiger partial charge in [-0.3, -0.25) is 9.59 Å². The molecule has 2 aromatic carbocycles. The van der Waals surface area contributed by atoms with Gasteiger partial charge in [0.15, 0.2) is 5.41 Å². The van der Waals surface area contributed by atoms with Crippen molar-refractivity contribution in [3.63, 3.8) is 0 Å². The molecule has 0 aliphatic heterocycles. The van der Waals surface area contributed by atoms with Gasteiger partial charge in [0.1, 0.15) is 17.2 Å². The molecular weight excluding hydrogens is 375 g/mol. The predicted molar refractivity (Wildman–Crippen MR) is 104 cm³/mol. The van der Waals surface area contributed by atoms with E-state index < -0.39 is 29.1 Å². The maximum Gasteiger partial charge on any atom is 0.324 e. The lowest BCUT2D eigenvalue weighted by Gasteiger charge is -2.31. The van der Waals surface area contributed by atoms with Gasteiger partial charge in [-0.05, 0) is 31.5 Å². The third kappa shape index (κ3) is 2.82. The number of carbonyl (C=O) groups is 2. The summed E-state index contributed by atoms with van der Waals surface area (Å²) in [7, 11) is 0. The highest BCUT2D eigenvalue weighted by molar-refractivity contribution is 6.04. The molecule has 0 fully saturated rings. The number of carbonyl (C=O) groups excluding carboxylic acids is 2. The van der Waals surface area contributed by atoms with E-state index in [-0.39, 0.29) is 25.2 Å². The van der Waals surface area contributed by atoms with Gasteiger partial charge in [0.25, 0.3) is 0 Å². The SMILES string of the molecule is CCOC(=O)C1(C(=O)OCC)Cc2oc3ccccc3c2C1c1ccccc1F. The highest BCUT2D eigenvalue weighted by Crippen LogP contribution is 2.55. The van der Waals surface area contributed by atoms with E-state index in [0.29, 0.717) is 16.9 Å². The lowest BCUT2D eigenvalue weighted by Crippen LogP contribution is -2.46. The molecule has 1 aromatic heterocycles. The average molecular weight is 396 g/mol. The van der Waals surface area contributed by atoms with E-state index in [1.54, 1.807) is 32.0 Å². The van der Waals surface area contributed by atoms with Gasteiger partial charge in [-0.1, -0.05) is 36.4 Å². The van der Waals surface area contributed by atoms with Crippen molar-refractivity contribution < 1.29 is 27.9 Å². The minimum absolute atomic E-state index is 0.0479. The zero-order valence-corrected chi connectivity index (χ0v) is 16.2. The number of ether oxygens (including phenoxy) is 2. The molecule has 0 N–H and O–H groups in total. The van der Waals surface area contributed by atoms with Gasteiger partial charge in [-0.2, -0.15) is 0 Å². The largest absolute Gasteiger partial charge is 0.465 e. The van der Waals surface area contributed by atoms with Crippen LogP contribution in [0.5, 0.6) is 0 Å². The Balaban J connectivity index is 2.02. The normalized spacial score (nSPS) is 17.1. The highest BCUT2D eigenvalue weighted by Gasteiger charge is 2.62. The van der Waals surface area contributed by atoms with Crippen LogP contribution in [0.25, 0.3) is 11.0 Å². The summed E-state index contributed by atoms with van der Waals surface area (Å²) in [6.07, 6.45) is -0.0479. The number of rotatable bonds is 5. The van der Waals surface area contributed by atoms with Crippen LogP contribution in [-0.2, 0) is 25.5 Å². The Bertz CT molecular complexity index is 1070. The molecule has 150 valence electrons. The maximum atomic E-state index is 14.9. The minimum Gasteiger partial charge on any atom is -0.465 e. The molecular formula is C23H21FO5. The van der Waals surface area contributed by atoms with Crippen molar-refractivity contribution in [2.24, 2.45) is 5.41 Å². The molecule has 0 saturated carbocycles. The Hall–Kier alpha value is -3.15. The first-order valence-electron chi connectivity index (χ1n) is 9.63. The Morgan fingerprint density at radius 1 is 1.03 bits per heavy atom. The van der Waals surface area contributed by atoms with Crippen LogP contribution in [-0.4, -0.2) is 25.2 Å². The monoisotopic (exact) mass is 396 g/mol. The molecule has 0 saturated heterocycles.